The van der Waals surface area contributed by atoms with Gasteiger partial charge >= 0.3 is 6.01 Å². The van der Waals surface area contributed by atoms with Crippen LogP contribution in [0.5, 0.6) is 17.5 Å². The number of benzene rings is 1. The number of halogens is 1. The standard InChI is InChI=1S/C12H14ClN3O3/c1-4-19-12-15-9-6(13)5-7(17-2)10(18-3)8(9)11(14)16-12/h5H,4H2,1-3H3,(H2,14,15,16). The highest BCUT2D eigenvalue weighted by molar-refractivity contribution is 6.36. The maximum absolute atomic E-state index is 6.18. The predicted molar refractivity (Wildman–Crippen MR) is 73.2 cm³/mol. The Morgan fingerprint density at radius 1 is 1.26 bits per heavy atom. The molecule has 0 radical (unpaired) electrons. The molecule has 0 fully saturated rings. The Bertz CT molecular complexity index is 619. The third-order valence-corrected chi connectivity index (χ3v) is 2.84. The number of hydrogen-bond acceptors (Lipinski definition) is 6. The first kappa shape index (κ1) is 13.5. The predicted octanol–water partition coefficient (Wildman–Crippen LogP) is 2.28. The lowest BCUT2D eigenvalue weighted by atomic mass is 10.2. The molecule has 2 aromatic rings. The fourth-order valence-electron chi connectivity index (χ4n) is 1.77. The molecule has 1 heterocycles. The Balaban J connectivity index is 2.80. The van der Waals surface area contributed by atoms with E-state index in [1.54, 1.807) is 6.07 Å². The van der Waals surface area contributed by atoms with E-state index in [-0.39, 0.29) is 11.8 Å². The molecule has 2 N–H and O–H groups in total. The Labute approximate surface area is 115 Å². The lowest BCUT2D eigenvalue weighted by Crippen LogP contribution is -2.03. The van der Waals surface area contributed by atoms with Crippen LogP contribution in [0.3, 0.4) is 0 Å². The molecule has 2 rings (SSSR count). The zero-order valence-corrected chi connectivity index (χ0v) is 11.6. The van der Waals surface area contributed by atoms with Gasteiger partial charge in [0.25, 0.3) is 0 Å². The third-order valence-electron chi connectivity index (χ3n) is 2.55. The van der Waals surface area contributed by atoms with Crippen molar-refractivity contribution >= 4 is 28.3 Å². The van der Waals surface area contributed by atoms with Gasteiger partial charge in [0.2, 0.25) is 0 Å². The second-order valence-electron chi connectivity index (χ2n) is 3.64. The summed E-state index contributed by atoms with van der Waals surface area (Å²) < 4.78 is 15.8. The molecule has 102 valence electrons. The number of nitrogens with two attached hydrogens (primary N) is 1. The van der Waals surface area contributed by atoms with Gasteiger partial charge in [-0.1, -0.05) is 11.6 Å². The molecule has 1 aromatic carbocycles. The first-order valence-corrected chi connectivity index (χ1v) is 6.00. The summed E-state index contributed by atoms with van der Waals surface area (Å²) in [6.07, 6.45) is 0. The third kappa shape index (κ3) is 2.31. The number of rotatable bonds is 4. The molecule has 0 aliphatic rings. The van der Waals surface area contributed by atoms with Crippen molar-refractivity contribution in [2.45, 2.75) is 6.92 Å². The minimum atomic E-state index is 0.182. The van der Waals surface area contributed by atoms with Crippen molar-refractivity contribution in [3.05, 3.63) is 11.1 Å². The summed E-state index contributed by atoms with van der Waals surface area (Å²) in [7, 11) is 3.03. The van der Waals surface area contributed by atoms with Crippen LogP contribution in [0, 0.1) is 0 Å². The summed E-state index contributed by atoms with van der Waals surface area (Å²) in [6.45, 7) is 2.27. The van der Waals surface area contributed by atoms with Crippen LogP contribution in [0.4, 0.5) is 5.82 Å². The number of anilines is 1. The van der Waals surface area contributed by atoms with Gasteiger partial charge in [-0.05, 0) is 6.92 Å². The number of nitrogen functional groups attached to an aromatic ring is 1. The number of fused-ring (bicyclic) bond motifs is 1. The van der Waals surface area contributed by atoms with Gasteiger partial charge in [-0.3, -0.25) is 0 Å². The van der Waals surface area contributed by atoms with Crippen molar-refractivity contribution in [3.63, 3.8) is 0 Å². The summed E-state index contributed by atoms with van der Waals surface area (Å²) in [5, 5.41) is 0.901. The quantitative estimate of drug-likeness (QED) is 0.927. The Morgan fingerprint density at radius 3 is 2.58 bits per heavy atom. The van der Waals surface area contributed by atoms with Crippen molar-refractivity contribution in [1.82, 2.24) is 9.97 Å². The van der Waals surface area contributed by atoms with E-state index in [2.05, 4.69) is 9.97 Å². The Morgan fingerprint density at radius 2 is 2.00 bits per heavy atom. The van der Waals surface area contributed by atoms with Crippen LogP contribution in [-0.2, 0) is 0 Å². The number of methoxy groups -OCH3 is 2. The highest BCUT2D eigenvalue weighted by Gasteiger charge is 2.18. The van der Waals surface area contributed by atoms with E-state index >= 15 is 0 Å². The van der Waals surface area contributed by atoms with Crippen molar-refractivity contribution in [1.29, 1.82) is 0 Å². The van der Waals surface area contributed by atoms with Gasteiger partial charge in [0.15, 0.2) is 11.5 Å². The van der Waals surface area contributed by atoms with Crippen molar-refractivity contribution < 1.29 is 14.2 Å². The fraction of sp³-hybridized carbons (Fsp3) is 0.333. The molecule has 0 spiro atoms. The van der Waals surface area contributed by atoms with E-state index in [1.807, 2.05) is 6.92 Å². The van der Waals surface area contributed by atoms with Crippen molar-refractivity contribution in [3.8, 4) is 17.5 Å². The SMILES string of the molecule is CCOc1nc(N)c2c(OC)c(OC)cc(Cl)c2n1. The van der Waals surface area contributed by atoms with Crippen LogP contribution < -0.4 is 19.9 Å². The lowest BCUT2D eigenvalue weighted by Gasteiger charge is -2.13. The molecular formula is C12H14ClN3O3. The fourth-order valence-corrected chi connectivity index (χ4v) is 2.01. The van der Waals surface area contributed by atoms with Crippen LogP contribution in [0.2, 0.25) is 5.02 Å². The molecule has 19 heavy (non-hydrogen) atoms. The van der Waals surface area contributed by atoms with Gasteiger partial charge in [0.05, 0.1) is 31.2 Å². The first-order chi connectivity index (χ1) is 9.12. The number of ether oxygens (including phenoxy) is 3. The van der Waals surface area contributed by atoms with Crippen LogP contribution in [-0.4, -0.2) is 30.8 Å². The molecule has 7 heteroatoms. The van der Waals surface area contributed by atoms with E-state index in [1.165, 1.54) is 14.2 Å². The maximum atomic E-state index is 6.18. The smallest absolute Gasteiger partial charge is 0.318 e. The molecule has 0 aliphatic carbocycles. The normalized spacial score (nSPS) is 10.5. The summed E-state index contributed by atoms with van der Waals surface area (Å²) in [6, 6.07) is 1.80. The average molecular weight is 284 g/mol. The molecule has 0 aliphatic heterocycles. The minimum Gasteiger partial charge on any atom is -0.493 e. The summed E-state index contributed by atoms with van der Waals surface area (Å²) in [5.74, 6) is 1.15. The van der Waals surface area contributed by atoms with E-state index in [4.69, 9.17) is 31.5 Å². The molecule has 0 atom stereocenters. The van der Waals surface area contributed by atoms with E-state index in [9.17, 15) is 0 Å². The molecule has 1 aromatic heterocycles. The minimum absolute atomic E-state index is 0.182. The first-order valence-electron chi connectivity index (χ1n) is 5.62. The molecule has 6 nitrogen and oxygen atoms in total. The van der Waals surface area contributed by atoms with E-state index in [0.717, 1.165) is 0 Å². The topological polar surface area (TPSA) is 79.5 Å². The molecule has 0 unspecified atom stereocenters. The lowest BCUT2D eigenvalue weighted by molar-refractivity contribution is 0.314. The highest BCUT2D eigenvalue weighted by atomic mass is 35.5. The zero-order chi connectivity index (χ0) is 14.0. The Kier molecular flexibility index (Phi) is 3.80. The van der Waals surface area contributed by atoms with Gasteiger partial charge < -0.3 is 19.9 Å². The van der Waals surface area contributed by atoms with Gasteiger partial charge in [-0.25, -0.2) is 0 Å². The van der Waals surface area contributed by atoms with Gasteiger partial charge in [-0.2, -0.15) is 9.97 Å². The van der Waals surface area contributed by atoms with Crippen LogP contribution in [0.15, 0.2) is 6.07 Å². The summed E-state index contributed by atoms with van der Waals surface area (Å²) in [4.78, 5) is 8.29. The van der Waals surface area contributed by atoms with Crippen molar-refractivity contribution in [2.24, 2.45) is 0 Å². The second-order valence-corrected chi connectivity index (χ2v) is 4.05. The molecule has 0 saturated carbocycles. The molecule has 0 amide bonds. The van der Waals surface area contributed by atoms with E-state index in [0.29, 0.717) is 34.0 Å². The van der Waals surface area contributed by atoms with Gasteiger partial charge in [0.1, 0.15) is 11.3 Å². The zero-order valence-electron chi connectivity index (χ0n) is 10.9. The van der Waals surface area contributed by atoms with Crippen LogP contribution in [0.25, 0.3) is 10.9 Å². The summed E-state index contributed by atoms with van der Waals surface area (Å²) in [5.41, 5.74) is 6.40. The Hall–Kier alpha value is -1.95. The van der Waals surface area contributed by atoms with Crippen molar-refractivity contribution in [2.75, 3.05) is 26.6 Å². The highest BCUT2D eigenvalue weighted by Crippen LogP contribution is 2.41. The molecular weight excluding hydrogens is 270 g/mol. The number of aromatic nitrogens is 2. The second kappa shape index (κ2) is 5.36. The van der Waals surface area contributed by atoms with E-state index < -0.39 is 0 Å². The maximum Gasteiger partial charge on any atom is 0.318 e. The van der Waals surface area contributed by atoms with Gasteiger partial charge in [0, 0.05) is 6.07 Å². The molecule has 0 saturated heterocycles. The number of hydrogen-bond donors (Lipinski definition) is 1. The average Bonchev–Trinajstić information content (AvgIpc) is 2.39. The largest absolute Gasteiger partial charge is 0.493 e. The number of nitrogens with zero attached hydrogens (tertiary/aromatic N) is 2. The van der Waals surface area contributed by atoms with Crippen LogP contribution >= 0.6 is 11.6 Å². The van der Waals surface area contributed by atoms with Crippen LogP contribution in [0.1, 0.15) is 6.92 Å². The molecule has 0 bridgehead atoms. The monoisotopic (exact) mass is 283 g/mol. The van der Waals surface area contributed by atoms with Gasteiger partial charge in [-0.15, -0.1) is 0 Å². The summed E-state index contributed by atoms with van der Waals surface area (Å²) >= 11 is 6.18.